The van der Waals surface area contributed by atoms with Gasteiger partial charge < -0.3 is 15.6 Å². The molecule has 0 radical (unpaired) electrons. The molecular weight excluding hydrogens is 190 g/mol. The molecule has 0 aliphatic rings. The van der Waals surface area contributed by atoms with Crippen LogP contribution in [0.25, 0.3) is 0 Å². The molecular formula is C12H19NO2. The highest BCUT2D eigenvalue weighted by atomic mass is 16.5. The van der Waals surface area contributed by atoms with Crippen molar-refractivity contribution >= 4 is 0 Å². The number of rotatable bonds is 4. The molecule has 1 atom stereocenters. The fraction of sp³-hybridized carbons (Fsp3) is 0.500. The Labute approximate surface area is 90.9 Å². The van der Waals surface area contributed by atoms with Crippen LogP contribution in [0, 0.1) is 20.8 Å². The van der Waals surface area contributed by atoms with Gasteiger partial charge in [-0.05, 0) is 43.5 Å². The third kappa shape index (κ3) is 3.22. The van der Waals surface area contributed by atoms with Crippen molar-refractivity contribution in [2.24, 2.45) is 5.73 Å². The van der Waals surface area contributed by atoms with E-state index in [1.165, 1.54) is 11.1 Å². The van der Waals surface area contributed by atoms with Crippen LogP contribution in [-0.4, -0.2) is 24.4 Å². The second-order valence-electron chi connectivity index (χ2n) is 3.96. The van der Waals surface area contributed by atoms with Crippen LogP contribution in [0.1, 0.15) is 16.7 Å². The van der Waals surface area contributed by atoms with Crippen LogP contribution in [-0.2, 0) is 0 Å². The Morgan fingerprint density at radius 2 is 2.00 bits per heavy atom. The normalized spacial score (nSPS) is 12.6. The van der Waals surface area contributed by atoms with E-state index in [0.29, 0.717) is 6.61 Å². The summed E-state index contributed by atoms with van der Waals surface area (Å²) in [7, 11) is 0. The first-order chi connectivity index (χ1) is 7.04. The number of aliphatic hydroxyl groups excluding tert-OH is 1. The van der Waals surface area contributed by atoms with E-state index >= 15 is 0 Å². The molecule has 0 aromatic heterocycles. The molecule has 3 nitrogen and oxygen atoms in total. The van der Waals surface area contributed by atoms with Crippen LogP contribution in [0.5, 0.6) is 5.75 Å². The van der Waals surface area contributed by atoms with Gasteiger partial charge >= 0.3 is 0 Å². The van der Waals surface area contributed by atoms with Crippen molar-refractivity contribution in [1.29, 1.82) is 0 Å². The summed E-state index contributed by atoms with van der Waals surface area (Å²) in [5.74, 6) is 0.858. The smallest absolute Gasteiger partial charge is 0.122 e. The Bertz CT molecular complexity index is 337. The predicted molar refractivity (Wildman–Crippen MR) is 61.2 cm³/mol. The van der Waals surface area contributed by atoms with Crippen molar-refractivity contribution in [3.8, 4) is 5.75 Å². The van der Waals surface area contributed by atoms with Crippen molar-refractivity contribution in [3.63, 3.8) is 0 Å². The van der Waals surface area contributed by atoms with Crippen LogP contribution >= 0.6 is 0 Å². The molecule has 1 rings (SSSR count). The highest BCUT2D eigenvalue weighted by Crippen LogP contribution is 2.23. The largest absolute Gasteiger partial charge is 0.492 e. The number of benzene rings is 1. The van der Waals surface area contributed by atoms with Gasteiger partial charge in [-0.15, -0.1) is 0 Å². The van der Waals surface area contributed by atoms with Crippen molar-refractivity contribution in [1.82, 2.24) is 0 Å². The second kappa shape index (κ2) is 5.14. The average molecular weight is 209 g/mol. The van der Waals surface area contributed by atoms with E-state index in [1.807, 2.05) is 19.9 Å². The Morgan fingerprint density at radius 1 is 1.33 bits per heavy atom. The third-order valence-electron chi connectivity index (χ3n) is 2.45. The molecule has 0 aliphatic heterocycles. The van der Waals surface area contributed by atoms with Gasteiger partial charge in [0.15, 0.2) is 0 Å². The molecule has 1 aromatic carbocycles. The van der Waals surface area contributed by atoms with Crippen molar-refractivity contribution in [2.75, 3.05) is 13.2 Å². The minimum Gasteiger partial charge on any atom is -0.492 e. The van der Waals surface area contributed by atoms with Gasteiger partial charge in [-0.2, -0.15) is 0 Å². The Hall–Kier alpha value is -1.06. The van der Waals surface area contributed by atoms with Crippen LogP contribution in [0.15, 0.2) is 12.1 Å². The molecule has 15 heavy (non-hydrogen) atoms. The van der Waals surface area contributed by atoms with E-state index in [0.717, 1.165) is 11.3 Å². The first kappa shape index (κ1) is 12.0. The molecule has 1 aromatic rings. The zero-order chi connectivity index (χ0) is 11.4. The molecule has 0 fully saturated rings. The van der Waals surface area contributed by atoms with Gasteiger partial charge in [0.05, 0.1) is 12.6 Å². The second-order valence-corrected chi connectivity index (χ2v) is 3.96. The molecule has 1 unspecified atom stereocenters. The van der Waals surface area contributed by atoms with Gasteiger partial charge in [-0.3, -0.25) is 0 Å². The number of hydrogen-bond acceptors (Lipinski definition) is 3. The van der Waals surface area contributed by atoms with E-state index in [4.69, 9.17) is 15.6 Å². The minimum absolute atomic E-state index is 0.0517. The monoisotopic (exact) mass is 209 g/mol. The third-order valence-corrected chi connectivity index (χ3v) is 2.45. The maximum atomic E-state index is 8.79. The van der Waals surface area contributed by atoms with Gasteiger partial charge in [-0.1, -0.05) is 6.07 Å². The SMILES string of the molecule is Cc1cc(C)c(C)c(OCC(N)CO)c1. The van der Waals surface area contributed by atoms with Crippen molar-refractivity contribution in [2.45, 2.75) is 26.8 Å². The number of nitrogens with two attached hydrogens (primary N) is 1. The maximum absolute atomic E-state index is 8.79. The summed E-state index contributed by atoms with van der Waals surface area (Å²) in [6, 6.07) is 3.80. The summed E-state index contributed by atoms with van der Waals surface area (Å²) in [6.07, 6.45) is 0. The van der Waals surface area contributed by atoms with E-state index < -0.39 is 0 Å². The predicted octanol–water partition coefficient (Wildman–Crippen LogP) is 1.31. The molecule has 0 amide bonds. The van der Waals surface area contributed by atoms with E-state index in [1.54, 1.807) is 0 Å². The lowest BCUT2D eigenvalue weighted by molar-refractivity contribution is 0.206. The molecule has 0 aliphatic carbocycles. The Kier molecular flexibility index (Phi) is 4.12. The quantitative estimate of drug-likeness (QED) is 0.786. The molecule has 0 bridgehead atoms. The van der Waals surface area contributed by atoms with Gasteiger partial charge in [-0.25, -0.2) is 0 Å². The van der Waals surface area contributed by atoms with E-state index in [9.17, 15) is 0 Å². The summed E-state index contributed by atoms with van der Waals surface area (Å²) < 4.78 is 5.57. The van der Waals surface area contributed by atoms with E-state index in [2.05, 4.69) is 13.0 Å². The first-order valence-corrected chi connectivity index (χ1v) is 5.11. The van der Waals surface area contributed by atoms with Crippen LogP contribution in [0.4, 0.5) is 0 Å². The van der Waals surface area contributed by atoms with Crippen LogP contribution in [0.3, 0.4) is 0 Å². The summed E-state index contributed by atoms with van der Waals surface area (Å²) in [4.78, 5) is 0. The van der Waals surface area contributed by atoms with Crippen molar-refractivity contribution < 1.29 is 9.84 Å². The molecule has 0 spiro atoms. The zero-order valence-electron chi connectivity index (χ0n) is 9.58. The van der Waals surface area contributed by atoms with Gasteiger partial charge in [0.1, 0.15) is 12.4 Å². The van der Waals surface area contributed by atoms with Crippen LogP contribution < -0.4 is 10.5 Å². The zero-order valence-corrected chi connectivity index (χ0v) is 9.58. The van der Waals surface area contributed by atoms with Gasteiger partial charge in [0, 0.05) is 0 Å². The topological polar surface area (TPSA) is 55.5 Å². The summed E-state index contributed by atoms with van der Waals surface area (Å²) in [6.45, 7) is 6.41. The fourth-order valence-electron chi connectivity index (χ4n) is 1.40. The number of aryl methyl sites for hydroxylation is 2. The van der Waals surface area contributed by atoms with Gasteiger partial charge in [0.25, 0.3) is 0 Å². The minimum atomic E-state index is -0.315. The van der Waals surface area contributed by atoms with Crippen LogP contribution in [0.2, 0.25) is 0 Å². The number of hydrogen-bond donors (Lipinski definition) is 2. The number of ether oxygens (including phenoxy) is 1. The average Bonchev–Trinajstić information content (AvgIpc) is 2.20. The molecule has 0 heterocycles. The molecule has 3 heteroatoms. The Balaban J connectivity index is 2.76. The highest BCUT2D eigenvalue weighted by Gasteiger charge is 2.06. The van der Waals surface area contributed by atoms with E-state index in [-0.39, 0.29) is 12.6 Å². The summed E-state index contributed by atoms with van der Waals surface area (Å²) in [5, 5.41) is 8.79. The molecule has 0 saturated carbocycles. The van der Waals surface area contributed by atoms with Crippen molar-refractivity contribution in [3.05, 3.63) is 28.8 Å². The number of aliphatic hydroxyl groups is 1. The fourth-order valence-corrected chi connectivity index (χ4v) is 1.40. The molecule has 84 valence electrons. The lowest BCUT2D eigenvalue weighted by atomic mass is 10.1. The highest BCUT2D eigenvalue weighted by molar-refractivity contribution is 5.41. The summed E-state index contributed by atoms with van der Waals surface area (Å²) >= 11 is 0. The maximum Gasteiger partial charge on any atom is 0.122 e. The molecule has 3 N–H and O–H groups in total. The summed E-state index contributed by atoms with van der Waals surface area (Å²) in [5.41, 5.74) is 9.08. The first-order valence-electron chi connectivity index (χ1n) is 5.11. The lowest BCUT2D eigenvalue weighted by Gasteiger charge is -2.14. The lowest BCUT2D eigenvalue weighted by Crippen LogP contribution is -2.31. The van der Waals surface area contributed by atoms with Gasteiger partial charge in [0.2, 0.25) is 0 Å². The standard InChI is InChI=1S/C12H19NO2/c1-8-4-9(2)10(3)12(5-8)15-7-11(13)6-14/h4-5,11,14H,6-7,13H2,1-3H3. The Morgan fingerprint density at radius 3 is 2.60 bits per heavy atom. The molecule has 0 saturated heterocycles.